The Labute approximate surface area is 164 Å². The second kappa shape index (κ2) is 10.1. The SMILES string of the molecule is Cl.O=C(CCSc1ccc(F)cc1)N1CCCC(N2CCNCC2=O)C1. The molecule has 0 aliphatic carbocycles. The molecule has 1 unspecified atom stereocenters. The zero-order chi connectivity index (χ0) is 17.6. The molecule has 2 saturated heterocycles. The molecule has 0 spiro atoms. The first-order valence-electron chi connectivity index (χ1n) is 8.80. The Balaban J connectivity index is 0.00000243. The zero-order valence-corrected chi connectivity index (χ0v) is 16.3. The van der Waals surface area contributed by atoms with Crippen molar-refractivity contribution in [2.24, 2.45) is 0 Å². The molecule has 26 heavy (non-hydrogen) atoms. The van der Waals surface area contributed by atoms with Crippen LogP contribution in [-0.4, -0.2) is 66.1 Å². The van der Waals surface area contributed by atoms with E-state index >= 15 is 0 Å². The molecule has 2 fully saturated rings. The van der Waals surface area contributed by atoms with Crippen molar-refractivity contribution in [3.63, 3.8) is 0 Å². The van der Waals surface area contributed by atoms with Crippen molar-refractivity contribution in [1.29, 1.82) is 0 Å². The molecule has 1 aromatic rings. The summed E-state index contributed by atoms with van der Waals surface area (Å²) in [5.74, 6) is 0.708. The van der Waals surface area contributed by atoms with Gasteiger partial charge in [-0.2, -0.15) is 0 Å². The molecule has 0 aromatic heterocycles. The van der Waals surface area contributed by atoms with Gasteiger partial charge in [-0.3, -0.25) is 9.59 Å². The van der Waals surface area contributed by atoms with Crippen LogP contribution in [0.25, 0.3) is 0 Å². The van der Waals surface area contributed by atoms with Crippen LogP contribution in [0.5, 0.6) is 0 Å². The Hall–Kier alpha value is -1.31. The van der Waals surface area contributed by atoms with Crippen molar-refractivity contribution in [1.82, 2.24) is 15.1 Å². The molecular formula is C18H25ClFN3O2S. The van der Waals surface area contributed by atoms with Gasteiger partial charge in [0.1, 0.15) is 5.82 Å². The van der Waals surface area contributed by atoms with E-state index in [2.05, 4.69) is 5.32 Å². The van der Waals surface area contributed by atoms with Crippen LogP contribution >= 0.6 is 24.2 Å². The fraction of sp³-hybridized carbons (Fsp3) is 0.556. The average molecular weight is 402 g/mol. The zero-order valence-electron chi connectivity index (χ0n) is 14.7. The van der Waals surface area contributed by atoms with E-state index in [1.54, 1.807) is 23.9 Å². The second-order valence-corrected chi connectivity index (χ2v) is 7.62. The molecule has 3 rings (SSSR count). The van der Waals surface area contributed by atoms with Gasteiger partial charge < -0.3 is 15.1 Å². The summed E-state index contributed by atoms with van der Waals surface area (Å²) in [5, 5.41) is 3.09. The Bertz CT molecular complexity index is 617. The second-order valence-electron chi connectivity index (χ2n) is 6.45. The summed E-state index contributed by atoms with van der Waals surface area (Å²) in [6.07, 6.45) is 2.38. The highest BCUT2D eigenvalue weighted by molar-refractivity contribution is 7.99. The highest BCUT2D eigenvalue weighted by Gasteiger charge is 2.31. The summed E-state index contributed by atoms with van der Waals surface area (Å²) in [6.45, 7) is 3.37. The maximum Gasteiger partial charge on any atom is 0.236 e. The lowest BCUT2D eigenvalue weighted by atomic mass is 10.0. The number of benzene rings is 1. The van der Waals surface area contributed by atoms with Crippen LogP contribution in [0.4, 0.5) is 4.39 Å². The fourth-order valence-corrected chi connectivity index (χ4v) is 4.23. The molecule has 2 aliphatic rings. The van der Waals surface area contributed by atoms with E-state index in [1.807, 2.05) is 9.80 Å². The van der Waals surface area contributed by atoms with Crippen molar-refractivity contribution in [3.05, 3.63) is 30.1 Å². The van der Waals surface area contributed by atoms with Crippen LogP contribution in [-0.2, 0) is 9.59 Å². The Morgan fingerprint density at radius 2 is 2.04 bits per heavy atom. The van der Waals surface area contributed by atoms with Gasteiger partial charge in [0, 0.05) is 49.3 Å². The number of carbonyl (C=O) groups excluding carboxylic acids is 2. The van der Waals surface area contributed by atoms with Crippen LogP contribution in [0.1, 0.15) is 19.3 Å². The number of halogens is 2. The quantitative estimate of drug-likeness (QED) is 0.768. The maximum absolute atomic E-state index is 12.9. The standard InChI is InChI=1S/C18H24FN3O2S.ClH/c19-14-3-5-16(6-4-14)25-11-7-17(23)21-9-1-2-15(13-21)22-10-8-20-12-18(22)24;/h3-6,15,20H,1-2,7-13H2;1H. The van der Waals surface area contributed by atoms with Crippen molar-refractivity contribution < 1.29 is 14.0 Å². The normalized spacial score (nSPS) is 20.7. The van der Waals surface area contributed by atoms with Gasteiger partial charge in [0.25, 0.3) is 0 Å². The highest BCUT2D eigenvalue weighted by Crippen LogP contribution is 2.21. The first kappa shape index (κ1) is 21.0. The van der Waals surface area contributed by atoms with E-state index in [1.165, 1.54) is 12.1 Å². The van der Waals surface area contributed by atoms with Crippen LogP contribution in [0.2, 0.25) is 0 Å². The first-order chi connectivity index (χ1) is 12.1. The molecule has 0 radical (unpaired) electrons. The van der Waals surface area contributed by atoms with E-state index in [9.17, 15) is 14.0 Å². The third kappa shape index (κ3) is 5.59. The minimum atomic E-state index is -0.248. The van der Waals surface area contributed by atoms with Gasteiger partial charge in [-0.25, -0.2) is 4.39 Å². The molecule has 2 amide bonds. The minimum Gasteiger partial charge on any atom is -0.341 e. The molecule has 0 saturated carbocycles. The van der Waals surface area contributed by atoms with Gasteiger partial charge >= 0.3 is 0 Å². The van der Waals surface area contributed by atoms with Gasteiger partial charge in [0.2, 0.25) is 11.8 Å². The van der Waals surface area contributed by atoms with Gasteiger partial charge in [-0.1, -0.05) is 0 Å². The van der Waals surface area contributed by atoms with E-state index in [-0.39, 0.29) is 36.1 Å². The number of rotatable bonds is 5. The van der Waals surface area contributed by atoms with Gasteiger partial charge in [0.15, 0.2) is 0 Å². The van der Waals surface area contributed by atoms with Crippen molar-refractivity contribution in [3.8, 4) is 0 Å². The topological polar surface area (TPSA) is 52.7 Å². The number of likely N-dealkylation sites (tertiary alicyclic amines) is 1. The number of hydrogen-bond acceptors (Lipinski definition) is 4. The number of hydrogen-bond donors (Lipinski definition) is 1. The van der Waals surface area contributed by atoms with E-state index < -0.39 is 0 Å². The van der Waals surface area contributed by atoms with E-state index in [0.29, 0.717) is 25.3 Å². The number of nitrogens with zero attached hydrogens (tertiary/aromatic N) is 2. The Morgan fingerprint density at radius 1 is 1.27 bits per heavy atom. The minimum absolute atomic E-state index is 0. The molecule has 8 heteroatoms. The smallest absolute Gasteiger partial charge is 0.236 e. The first-order valence-corrected chi connectivity index (χ1v) is 9.78. The largest absolute Gasteiger partial charge is 0.341 e. The molecule has 1 aromatic carbocycles. The molecule has 0 bridgehead atoms. The number of amides is 2. The van der Waals surface area contributed by atoms with Gasteiger partial charge in [-0.15, -0.1) is 24.2 Å². The Kier molecular flexibility index (Phi) is 8.18. The van der Waals surface area contributed by atoms with Crippen molar-refractivity contribution in [2.75, 3.05) is 38.5 Å². The molecule has 1 N–H and O–H groups in total. The summed E-state index contributed by atoms with van der Waals surface area (Å²) < 4.78 is 12.9. The van der Waals surface area contributed by atoms with Crippen LogP contribution in [0.15, 0.2) is 29.2 Å². The van der Waals surface area contributed by atoms with Crippen molar-refractivity contribution >= 4 is 36.0 Å². The number of carbonyl (C=O) groups is 2. The number of nitrogens with one attached hydrogen (secondary N) is 1. The molecule has 5 nitrogen and oxygen atoms in total. The molecular weight excluding hydrogens is 377 g/mol. The van der Waals surface area contributed by atoms with Crippen LogP contribution in [0.3, 0.4) is 0 Å². The van der Waals surface area contributed by atoms with E-state index in [0.717, 1.165) is 37.4 Å². The van der Waals surface area contributed by atoms with Gasteiger partial charge in [0.05, 0.1) is 6.54 Å². The summed E-state index contributed by atoms with van der Waals surface area (Å²) in [5.41, 5.74) is 0. The maximum atomic E-state index is 12.9. The lowest BCUT2D eigenvalue weighted by Crippen LogP contribution is -2.57. The van der Waals surface area contributed by atoms with Gasteiger partial charge in [-0.05, 0) is 37.1 Å². The summed E-state index contributed by atoms with van der Waals surface area (Å²) in [6, 6.07) is 6.49. The summed E-state index contributed by atoms with van der Waals surface area (Å²) in [7, 11) is 0. The average Bonchev–Trinajstić information content (AvgIpc) is 2.64. The summed E-state index contributed by atoms with van der Waals surface area (Å²) >= 11 is 1.56. The molecule has 144 valence electrons. The number of piperidine rings is 1. The molecule has 2 aliphatic heterocycles. The lowest BCUT2D eigenvalue weighted by molar-refractivity contribution is -0.140. The van der Waals surface area contributed by atoms with E-state index in [4.69, 9.17) is 0 Å². The third-order valence-electron chi connectivity index (χ3n) is 4.71. The monoisotopic (exact) mass is 401 g/mol. The fourth-order valence-electron chi connectivity index (χ4n) is 3.39. The predicted molar refractivity (Wildman–Crippen MR) is 103 cm³/mol. The third-order valence-corrected chi connectivity index (χ3v) is 5.73. The number of piperazine rings is 1. The predicted octanol–water partition coefficient (Wildman–Crippen LogP) is 2.15. The summed E-state index contributed by atoms with van der Waals surface area (Å²) in [4.78, 5) is 29.3. The van der Waals surface area contributed by atoms with Crippen LogP contribution in [0, 0.1) is 5.82 Å². The number of thioether (sulfide) groups is 1. The van der Waals surface area contributed by atoms with Crippen molar-refractivity contribution in [2.45, 2.75) is 30.2 Å². The molecule has 2 heterocycles. The lowest BCUT2D eigenvalue weighted by Gasteiger charge is -2.41. The molecule has 1 atom stereocenters. The van der Waals surface area contributed by atoms with Crippen LogP contribution < -0.4 is 5.32 Å². The highest BCUT2D eigenvalue weighted by atomic mass is 35.5. The Morgan fingerprint density at radius 3 is 2.77 bits per heavy atom.